The molecule has 2 aliphatic rings. The summed E-state index contributed by atoms with van der Waals surface area (Å²) >= 11 is 0. The van der Waals surface area contributed by atoms with Gasteiger partial charge in [0, 0.05) is 25.9 Å². The minimum Gasteiger partial charge on any atom is -0.508 e. The van der Waals surface area contributed by atoms with E-state index < -0.39 is 6.04 Å². The van der Waals surface area contributed by atoms with Crippen molar-refractivity contribution >= 4 is 11.8 Å². The van der Waals surface area contributed by atoms with E-state index in [9.17, 15) is 14.7 Å². The Bertz CT molecular complexity index is 635. The highest BCUT2D eigenvalue weighted by Gasteiger charge is 2.49. The third-order valence-corrected chi connectivity index (χ3v) is 5.31. The number of phenols is 1. The number of benzene rings is 1. The second-order valence-corrected chi connectivity index (χ2v) is 8.10. The third-order valence-electron chi connectivity index (χ3n) is 5.31. The number of hydrogen-bond donors (Lipinski definition) is 2. The summed E-state index contributed by atoms with van der Waals surface area (Å²) in [6.07, 6.45) is 4.40. The second-order valence-electron chi connectivity index (χ2n) is 8.10. The van der Waals surface area contributed by atoms with E-state index >= 15 is 0 Å². The van der Waals surface area contributed by atoms with Crippen LogP contribution < -0.4 is 5.32 Å². The number of amides is 2. The lowest BCUT2D eigenvalue weighted by Gasteiger charge is -2.25. The van der Waals surface area contributed by atoms with Gasteiger partial charge in [-0.15, -0.1) is 0 Å². The molecular formula is C20H28N2O3. The van der Waals surface area contributed by atoms with Crippen molar-refractivity contribution in [3.05, 3.63) is 29.8 Å². The van der Waals surface area contributed by atoms with E-state index in [-0.39, 0.29) is 23.5 Å². The molecule has 1 atom stereocenters. The highest BCUT2D eigenvalue weighted by Crippen LogP contribution is 2.52. The zero-order valence-corrected chi connectivity index (χ0v) is 15.1. The summed E-state index contributed by atoms with van der Waals surface area (Å²) in [7, 11) is 0. The SMILES string of the molecule is CC(C)CC(=O)N[C@@H](Cc1ccc(O)cc1)C(=O)N1CCC2(CC2)C1. The molecule has 1 aliphatic heterocycles. The fraction of sp³-hybridized carbons (Fsp3) is 0.600. The molecule has 0 aromatic heterocycles. The first kappa shape index (κ1) is 17.8. The van der Waals surface area contributed by atoms with Crippen molar-refractivity contribution in [1.29, 1.82) is 0 Å². The number of phenolic OH excluding ortho intramolecular Hbond substituents is 1. The summed E-state index contributed by atoms with van der Waals surface area (Å²) in [4.78, 5) is 27.2. The van der Waals surface area contributed by atoms with E-state index in [0.29, 0.717) is 18.3 Å². The number of carbonyl (C=O) groups is 2. The Labute approximate surface area is 149 Å². The van der Waals surface area contributed by atoms with Gasteiger partial charge in [-0.25, -0.2) is 0 Å². The van der Waals surface area contributed by atoms with Crippen LogP contribution in [0.15, 0.2) is 24.3 Å². The highest BCUT2D eigenvalue weighted by molar-refractivity contribution is 5.88. The van der Waals surface area contributed by atoms with Gasteiger partial charge in [0.2, 0.25) is 11.8 Å². The Hall–Kier alpha value is -2.04. The van der Waals surface area contributed by atoms with Crippen LogP contribution >= 0.6 is 0 Å². The van der Waals surface area contributed by atoms with Gasteiger partial charge >= 0.3 is 0 Å². The maximum absolute atomic E-state index is 13.0. The van der Waals surface area contributed by atoms with Crippen molar-refractivity contribution in [3.63, 3.8) is 0 Å². The van der Waals surface area contributed by atoms with Crippen molar-refractivity contribution in [2.24, 2.45) is 11.3 Å². The maximum atomic E-state index is 13.0. The molecule has 5 nitrogen and oxygen atoms in total. The number of nitrogens with one attached hydrogen (secondary N) is 1. The largest absolute Gasteiger partial charge is 0.508 e. The lowest BCUT2D eigenvalue weighted by atomic mass is 10.0. The topological polar surface area (TPSA) is 69.6 Å². The Morgan fingerprint density at radius 2 is 1.88 bits per heavy atom. The van der Waals surface area contributed by atoms with Crippen LogP contribution in [-0.2, 0) is 16.0 Å². The van der Waals surface area contributed by atoms with E-state index in [1.54, 1.807) is 24.3 Å². The zero-order valence-electron chi connectivity index (χ0n) is 15.1. The standard InChI is InChI=1S/C20H28N2O3/c1-14(2)11-18(24)21-17(12-15-3-5-16(23)6-4-15)19(25)22-10-9-20(13-22)7-8-20/h3-6,14,17,23H,7-13H2,1-2H3,(H,21,24)/t17-/m0/s1. The predicted octanol–water partition coefficient (Wildman–Crippen LogP) is 2.48. The molecule has 1 saturated heterocycles. The summed E-state index contributed by atoms with van der Waals surface area (Å²) in [6.45, 7) is 5.62. The normalized spacial score (nSPS) is 19.2. The monoisotopic (exact) mass is 344 g/mol. The summed E-state index contributed by atoms with van der Waals surface area (Å²) in [5, 5.41) is 12.4. The van der Waals surface area contributed by atoms with Crippen LogP contribution in [0.2, 0.25) is 0 Å². The number of nitrogens with zero attached hydrogens (tertiary/aromatic N) is 1. The molecule has 136 valence electrons. The molecule has 2 fully saturated rings. The van der Waals surface area contributed by atoms with Gasteiger partial charge in [0.25, 0.3) is 0 Å². The smallest absolute Gasteiger partial charge is 0.245 e. The van der Waals surface area contributed by atoms with Crippen molar-refractivity contribution in [2.45, 2.75) is 52.0 Å². The average molecular weight is 344 g/mol. The molecule has 0 bridgehead atoms. The van der Waals surface area contributed by atoms with Gasteiger partial charge in [-0.1, -0.05) is 26.0 Å². The number of aromatic hydroxyl groups is 1. The summed E-state index contributed by atoms with van der Waals surface area (Å²) in [6, 6.07) is 6.29. The number of likely N-dealkylation sites (tertiary alicyclic amines) is 1. The van der Waals surface area contributed by atoms with Crippen LogP contribution in [0.3, 0.4) is 0 Å². The summed E-state index contributed by atoms with van der Waals surface area (Å²) in [5.74, 6) is 0.401. The van der Waals surface area contributed by atoms with Crippen molar-refractivity contribution in [2.75, 3.05) is 13.1 Å². The first-order valence-electron chi connectivity index (χ1n) is 9.23. The van der Waals surface area contributed by atoms with E-state index in [4.69, 9.17) is 0 Å². The molecule has 5 heteroatoms. The van der Waals surface area contributed by atoms with Crippen LogP contribution in [0.5, 0.6) is 5.75 Å². The molecule has 1 heterocycles. The van der Waals surface area contributed by atoms with E-state index in [1.807, 2.05) is 18.7 Å². The Morgan fingerprint density at radius 1 is 1.20 bits per heavy atom. The zero-order chi connectivity index (χ0) is 18.0. The van der Waals surface area contributed by atoms with Gasteiger partial charge in [-0.2, -0.15) is 0 Å². The van der Waals surface area contributed by atoms with Crippen molar-refractivity contribution in [3.8, 4) is 5.75 Å². The van der Waals surface area contributed by atoms with Crippen molar-refractivity contribution < 1.29 is 14.7 Å². The molecule has 0 unspecified atom stereocenters. The quantitative estimate of drug-likeness (QED) is 0.833. The van der Waals surface area contributed by atoms with Gasteiger partial charge in [-0.05, 0) is 48.3 Å². The van der Waals surface area contributed by atoms with Gasteiger partial charge in [0.05, 0.1) is 0 Å². The molecule has 25 heavy (non-hydrogen) atoms. The van der Waals surface area contributed by atoms with Crippen LogP contribution in [-0.4, -0.2) is 41.0 Å². The number of rotatable bonds is 6. The fourth-order valence-electron chi connectivity index (χ4n) is 3.62. The Balaban J connectivity index is 1.69. The minimum atomic E-state index is -0.537. The highest BCUT2D eigenvalue weighted by atomic mass is 16.3. The van der Waals surface area contributed by atoms with Crippen molar-refractivity contribution in [1.82, 2.24) is 10.2 Å². The molecule has 1 aliphatic carbocycles. The predicted molar refractivity (Wildman–Crippen MR) is 96.1 cm³/mol. The fourth-order valence-corrected chi connectivity index (χ4v) is 3.62. The number of carbonyl (C=O) groups excluding carboxylic acids is 2. The molecule has 1 saturated carbocycles. The van der Waals surface area contributed by atoms with Gasteiger partial charge in [-0.3, -0.25) is 9.59 Å². The van der Waals surface area contributed by atoms with Crippen LogP contribution in [0.1, 0.15) is 45.1 Å². The first-order valence-corrected chi connectivity index (χ1v) is 9.23. The third kappa shape index (κ3) is 4.53. The van der Waals surface area contributed by atoms with E-state index in [2.05, 4.69) is 5.32 Å². The second kappa shape index (κ2) is 7.06. The van der Waals surface area contributed by atoms with Crippen LogP contribution in [0.4, 0.5) is 0 Å². The van der Waals surface area contributed by atoms with E-state index in [0.717, 1.165) is 25.1 Å². The molecule has 1 spiro atoms. The Kier molecular flexibility index (Phi) is 5.02. The lowest BCUT2D eigenvalue weighted by molar-refractivity contribution is -0.136. The lowest BCUT2D eigenvalue weighted by Crippen LogP contribution is -2.49. The summed E-state index contributed by atoms with van der Waals surface area (Å²) < 4.78 is 0. The van der Waals surface area contributed by atoms with Crippen LogP contribution in [0.25, 0.3) is 0 Å². The minimum absolute atomic E-state index is 0.0222. The van der Waals surface area contributed by atoms with Gasteiger partial charge in [0.15, 0.2) is 0 Å². The number of hydrogen-bond acceptors (Lipinski definition) is 3. The molecule has 3 rings (SSSR count). The molecule has 0 radical (unpaired) electrons. The average Bonchev–Trinajstić information content (AvgIpc) is 3.17. The van der Waals surface area contributed by atoms with Crippen LogP contribution in [0, 0.1) is 11.3 Å². The van der Waals surface area contributed by atoms with E-state index in [1.165, 1.54) is 12.8 Å². The summed E-state index contributed by atoms with van der Waals surface area (Å²) in [5.41, 5.74) is 1.31. The first-order chi connectivity index (χ1) is 11.9. The molecule has 2 N–H and O–H groups in total. The van der Waals surface area contributed by atoms with Gasteiger partial charge < -0.3 is 15.3 Å². The Morgan fingerprint density at radius 3 is 2.44 bits per heavy atom. The van der Waals surface area contributed by atoms with Gasteiger partial charge in [0.1, 0.15) is 11.8 Å². The maximum Gasteiger partial charge on any atom is 0.245 e. The molecule has 1 aromatic rings. The molecular weight excluding hydrogens is 316 g/mol. The molecule has 2 amide bonds. The molecule has 1 aromatic carbocycles.